The van der Waals surface area contributed by atoms with Gasteiger partial charge < -0.3 is 14.3 Å². The minimum atomic E-state index is -0.450. The molecule has 98 valence electrons. The normalized spacial score (nSPS) is 9.89. The number of hydrogen-bond donors (Lipinski definition) is 0. The molecule has 0 N–H and O–H groups in total. The minimum absolute atomic E-state index is 0.277. The topological polar surface area (TPSA) is 52.6 Å². The van der Waals surface area contributed by atoms with E-state index < -0.39 is 5.97 Å². The Hall–Kier alpha value is -1.84. The molecule has 4 nitrogen and oxygen atoms in total. The molecular weight excluding hydrogens is 232 g/mol. The predicted molar refractivity (Wildman–Crippen MR) is 68.0 cm³/mol. The van der Waals surface area contributed by atoms with Gasteiger partial charge in [-0.25, -0.2) is 4.79 Å². The molecule has 0 aliphatic heterocycles. The summed E-state index contributed by atoms with van der Waals surface area (Å²) in [4.78, 5) is 22.1. The van der Waals surface area contributed by atoms with Gasteiger partial charge in [-0.2, -0.15) is 0 Å². The Morgan fingerprint density at radius 2 is 2.17 bits per heavy atom. The molecule has 0 aliphatic rings. The first-order valence-corrected chi connectivity index (χ1v) is 6.00. The molecule has 0 fully saturated rings. The lowest BCUT2D eigenvalue weighted by Gasteiger charge is -2.11. The molecule has 0 heterocycles. The van der Waals surface area contributed by atoms with E-state index in [0.29, 0.717) is 17.9 Å². The average Bonchev–Trinajstić information content (AvgIpc) is 2.40. The first kappa shape index (κ1) is 14.2. The Bertz CT molecular complexity index is 412. The van der Waals surface area contributed by atoms with Gasteiger partial charge >= 0.3 is 5.97 Å². The quantitative estimate of drug-likeness (QED) is 0.423. The van der Waals surface area contributed by atoms with Crippen molar-refractivity contribution in [1.29, 1.82) is 0 Å². The predicted octanol–water partition coefficient (Wildman–Crippen LogP) is 2.39. The highest BCUT2D eigenvalue weighted by molar-refractivity contribution is 5.92. The highest BCUT2D eigenvalue weighted by Crippen LogP contribution is 2.21. The fourth-order valence-corrected chi connectivity index (χ4v) is 1.52. The van der Waals surface area contributed by atoms with Crippen LogP contribution in [0.3, 0.4) is 0 Å². The first-order chi connectivity index (χ1) is 8.72. The second-order valence-electron chi connectivity index (χ2n) is 3.89. The van der Waals surface area contributed by atoms with Gasteiger partial charge in [0, 0.05) is 6.42 Å². The van der Waals surface area contributed by atoms with Gasteiger partial charge in [0.15, 0.2) is 0 Å². The van der Waals surface area contributed by atoms with Gasteiger partial charge in [0.1, 0.15) is 17.6 Å². The molecule has 18 heavy (non-hydrogen) atoms. The summed E-state index contributed by atoms with van der Waals surface area (Å²) in [6, 6.07) is 5.13. The Kier molecular flexibility index (Phi) is 5.91. The smallest absolute Gasteiger partial charge is 0.341 e. The number of ether oxygens (including phenoxy) is 2. The van der Waals surface area contributed by atoms with Crippen LogP contribution >= 0.6 is 0 Å². The molecule has 0 unspecified atom stereocenters. The second kappa shape index (κ2) is 7.48. The summed E-state index contributed by atoms with van der Waals surface area (Å²) in [5, 5.41) is 0. The number of benzene rings is 1. The zero-order valence-corrected chi connectivity index (χ0v) is 10.8. The van der Waals surface area contributed by atoms with Crippen LogP contribution in [0.2, 0.25) is 0 Å². The highest BCUT2D eigenvalue weighted by atomic mass is 16.5. The van der Waals surface area contributed by atoms with Crippen molar-refractivity contribution in [1.82, 2.24) is 0 Å². The Labute approximate surface area is 107 Å². The third-order valence-electron chi connectivity index (χ3n) is 2.52. The van der Waals surface area contributed by atoms with E-state index in [-0.39, 0.29) is 6.42 Å². The lowest BCUT2D eigenvalue weighted by Crippen LogP contribution is -2.07. The van der Waals surface area contributed by atoms with E-state index in [1.807, 2.05) is 0 Å². The summed E-state index contributed by atoms with van der Waals surface area (Å²) in [7, 11) is 1.32. The van der Waals surface area contributed by atoms with Gasteiger partial charge in [-0.3, -0.25) is 0 Å². The zero-order chi connectivity index (χ0) is 13.4. The fraction of sp³-hybridized carbons (Fsp3) is 0.429. The maximum atomic E-state index is 11.6. The molecule has 1 aromatic rings. The van der Waals surface area contributed by atoms with Crippen molar-refractivity contribution in [3.8, 4) is 5.75 Å². The van der Waals surface area contributed by atoms with Crippen LogP contribution in [0.1, 0.15) is 35.7 Å². The van der Waals surface area contributed by atoms with Gasteiger partial charge in [0.05, 0.1) is 13.7 Å². The number of methoxy groups -OCH3 is 1. The van der Waals surface area contributed by atoms with Gasteiger partial charge in [0.2, 0.25) is 0 Å². The van der Waals surface area contributed by atoms with E-state index in [1.54, 1.807) is 18.2 Å². The van der Waals surface area contributed by atoms with Crippen molar-refractivity contribution in [3.05, 3.63) is 29.3 Å². The lowest BCUT2D eigenvalue weighted by atomic mass is 10.1. The van der Waals surface area contributed by atoms with Crippen LogP contribution in [-0.2, 0) is 16.0 Å². The lowest BCUT2D eigenvalue weighted by molar-refractivity contribution is -0.107. The Balaban J connectivity index is 2.93. The number of aldehydes is 1. The molecule has 0 radical (unpaired) electrons. The van der Waals surface area contributed by atoms with E-state index in [0.717, 1.165) is 24.7 Å². The van der Waals surface area contributed by atoms with Crippen molar-refractivity contribution in [2.24, 2.45) is 0 Å². The maximum Gasteiger partial charge on any atom is 0.341 e. The first-order valence-electron chi connectivity index (χ1n) is 6.00. The molecule has 0 spiro atoms. The largest absolute Gasteiger partial charge is 0.493 e. The van der Waals surface area contributed by atoms with Gasteiger partial charge in [-0.05, 0) is 24.1 Å². The minimum Gasteiger partial charge on any atom is -0.493 e. The summed E-state index contributed by atoms with van der Waals surface area (Å²) in [6.07, 6.45) is 3.03. The number of carbonyl (C=O) groups is 2. The van der Waals surface area contributed by atoms with Crippen LogP contribution < -0.4 is 4.74 Å². The number of carbonyl (C=O) groups excluding carboxylic acids is 2. The molecule has 0 atom stereocenters. The van der Waals surface area contributed by atoms with E-state index in [4.69, 9.17) is 9.47 Å². The summed E-state index contributed by atoms with van der Waals surface area (Å²) in [6.45, 7) is 2.63. The molecule has 0 bridgehead atoms. The molecule has 0 amide bonds. The summed E-state index contributed by atoms with van der Waals surface area (Å²) in [5.74, 6) is 0.0548. The van der Waals surface area contributed by atoms with Crippen molar-refractivity contribution in [2.45, 2.75) is 26.2 Å². The summed E-state index contributed by atoms with van der Waals surface area (Å²) in [5.41, 5.74) is 1.14. The monoisotopic (exact) mass is 250 g/mol. The third-order valence-corrected chi connectivity index (χ3v) is 2.52. The van der Waals surface area contributed by atoms with Crippen LogP contribution in [-0.4, -0.2) is 26.0 Å². The Morgan fingerprint density at radius 1 is 1.39 bits per heavy atom. The number of esters is 1. The molecule has 0 saturated carbocycles. The molecule has 0 aliphatic carbocycles. The average molecular weight is 250 g/mol. The molecule has 0 aromatic heterocycles. The molecule has 1 aromatic carbocycles. The van der Waals surface area contributed by atoms with Crippen LogP contribution in [0, 0.1) is 0 Å². The maximum absolute atomic E-state index is 11.6. The Morgan fingerprint density at radius 3 is 2.78 bits per heavy atom. The fourth-order valence-electron chi connectivity index (χ4n) is 1.52. The van der Waals surface area contributed by atoms with Gasteiger partial charge in [0.25, 0.3) is 0 Å². The van der Waals surface area contributed by atoms with Crippen LogP contribution in [0.25, 0.3) is 0 Å². The van der Waals surface area contributed by atoms with E-state index >= 15 is 0 Å². The van der Waals surface area contributed by atoms with Gasteiger partial charge in [-0.1, -0.05) is 19.4 Å². The highest BCUT2D eigenvalue weighted by Gasteiger charge is 2.13. The van der Waals surface area contributed by atoms with E-state index in [2.05, 4.69) is 6.92 Å². The van der Waals surface area contributed by atoms with Crippen LogP contribution in [0.5, 0.6) is 5.75 Å². The van der Waals surface area contributed by atoms with Gasteiger partial charge in [-0.15, -0.1) is 0 Å². The van der Waals surface area contributed by atoms with Crippen molar-refractivity contribution < 1.29 is 19.1 Å². The number of unbranched alkanes of at least 4 members (excludes halogenated alkanes) is 1. The second-order valence-corrected chi connectivity index (χ2v) is 3.89. The van der Waals surface area contributed by atoms with E-state index in [9.17, 15) is 9.59 Å². The standard InChI is InChI=1S/C14H18O4/c1-3-4-9-18-13-6-5-11(7-8-15)10-12(13)14(16)17-2/h5-6,8,10H,3-4,7,9H2,1-2H3. The SMILES string of the molecule is CCCCOc1ccc(CC=O)cc1C(=O)OC. The number of hydrogen-bond acceptors (Lipinski definition) is 4. The number of rotatable bonds is 7. The summed E-state index contributed by atoms with van der Waals surface area (Å²) >= 11 is 0. The molecule has 1 rings (SSSR count). The van der Waals surface area contributed by atoms with Crippen LogP contribution in [0.4, 0.5) is 0 Å². The van der Waals surface area contributed by atoms with Crippen molar-refractivity contribution >= 4 is 12.3 Å². The third kappa shape index (κ3) is 3.87. The molecule has 4 heteroatoms. The van der Waals surface area contributed by atoms with E-state index in [1.165, 1.54) is 7.11 Å². The summed E-state index contributed by atoms with van der Waals surface area (Å²) < 4.78 is 10.3. The molecular formula is C14H18O4. The molecule has 0 saturated heterocycles. The van der Waals surface area contributed by atoms with Crippen LogP contribution in [0.15, 0.2) is 18.2 Å². The van der Waals surface area contributed by atoms with Crippen molar-refractivity contribution in [2.75, 3.05) is 13.7 Å². The zero-order valence-electron chi connectivity index (χ0n) is 10.8. The van der Waals surface area contributed by atoms with Crippen molar-refractivity contribution in [3.63, 3.8) is 0 Å².